The maximum Gasteiger partial charge on any atom is 0.155 e. The van der Waals surface area contributed by atoms with Crippen LogP contribution in [0.3, 0.4) is 0 Å². The van der Waals surface area contributed by atoms with Crippen LogP contribution in [-0.2, 0) is 5.41 Å². The van der Waals surface area contributed by atoms with Crippen LogP contribution in [0, 0.1) is 17.0 Å². The van der Waals surface area contributed by atoms with Gasteiger partial charge in [0.05, 0.1) is 34.3 Å². The summed E-state index contributed by atoms with van der Waals surface area (Å²) in [4.78, 5) is 8.83. The zero-order chi connectivity index (χ0) is 20.7. The molecule has 150 valence electrons. The topological polar surface area (TPSA) is 56.0 Å². The van der Waals surface area contributed by atoms with E-state index in [1.54, 1.807) is 12.4 Å². The number of aromatic nitrogens is 5. The molecule has 2 bridgehead atoms. The highest BCUT2D eigenvalue weighted by Gasteiger charge is 2.65. The predicted octanol–water partition coefficient (Wildman–Crippen LogP) is 4.67. The number of fused-ring (bicyclic) bond motifs is 6. The van der Waals surface area contributed by atoms with E-state index in [2.05, 4.69) is 38.4 Å². The molecule has 0 amide bonds. The van der Waals surface area contributed by atoms with Gasteiger partial charge >= 0.3 is 0 Å². The lowest BCUT2D eigenvalue weighted by Crippen LogP contribution is -2.38. The van der Waals surface area contributed by atoms with Crippen molar-refractivity contribution in [2.24, 2.45) is 5.41 Å². The third-order valence-corrected chi connectivity index (χ3v) is 7.35. The quantitative estimate of drug-likeness (QED) is 0.488. The summed E-state index contributed by atoms with van der Waals surface area (Å²) >= 11 is 0. The number of rotatable bonds is 2. The van der Waals surface area contributed by atoms with Crippen molar-refractivity contribution in [1.82, 2.24) is 24.6 Å². The number of hydrogen-bond donors (Lipinski definition) is 0. The Balaban J connectivity index is 1.62. The van der Waals surface area contributed by atoms with Gasteiger partial charge in [0.1, 0.15) is 11.6 Å². The Morgan fingerprint density at radius 3 is 2.70 bits per heavy atom. The van der Waals surface area contributed by atoms with E-state index >= 15 is 0 Å². The first-order chi connectivity index (χ1) is 14.4. The Morgan fingerprint density at radius 1 is 1.10 bits per heavy atom. The number of nitrogens with zero attached hydrogens (tertiary/aromatic N) is 5. The van der Waals surface area contributed by atoms with Crippen molar-refractivity contribution >= 4 is 5.65 Å². The number of benzene rings is 1. The van der Waals surface area contributed by atoms with Gasteiger partial charge in [0.2, 0.25) is 0 Å². The minimum absolute atomic E-state index is 0.124. The fourth-order valence-electron chi connectivity index (χ4n) is 5.92. The molecule has 0 saturated heterocycles. The molecule has 3 heterocycles. The molecule has 6 rings (SSSR count). The van der Waals surface area contributed by atoms with Crippen molar-refractivity contribution in [1.29, 1.82) is 0 Å². The van der Waals surface area contributed by atoms with E-state index in [0.29, 0.717) is 0 Å². The van der Waals surface area contributed by atoms with Crippen LogP contribution >= 0.6 is 0 Å². The van der Waals surface area contributed by atoms with Crippen molar-refractivity contribution in [3.05, 3.63) is 77.6 Å². The monoisotopic (exact) mass is 403 g/mol. The van der Waals surface area contributed by atoms with Gasteiger partial charge in [-0.1, -0.05) is 19.9 Å². The minimum atomic E-state index is -0.631. The molecule has 1 fully saturated rings. The molecule has 2 aliphatic carbocycles. The van der Waals surface area contributed by atoms with Crippen LogP contribution in [0.1, 0.15) is 49.6 Å². The molecule has 0 unspecified atom stereocenters. The van der Waals surface area contributed by atoms with Gasteiger partial charge in [0.25, 0.3) is 0 Å². The molecule has 1 saturated carbocycles. The number of halogens is 2. The van der Waals surface area contributed by atoms with Crippen molar-refractivity contribution < 1.29 is 8.78 Å². The summed E-state index contributed by atoms with van der Waals surface area (Å²) in [6.07, 6.45) is 9.22. The lowest BCUT2D eigenvalue weighted by Gasteiger charge is -2.38. The molecule has 3 aromatic heterocycles. The Morgan fingerprint density at radius 2 is 1.90 bits per heavy atom. The van der Waals surface area contributed by atoms with E-state index in [-0.39, 0.29) is 28.0 Å². The SMILES string of the molecule is CC1(C)[C@H]2CC[C@]1(c1cncc3nccn13)c1nnc(-c3c(F)cccc3F)cc12. The van der Waals surface area contributed by atoms with Crippen LogP contribution in [-0.4, -0.2) is 24.6 Å². The van der Waals surface area contributed by atoms with Gasteiger partial charge in [-0.25, -0.2) is 13.8 Å². The van der Waals surface area contributed by atoms with Crippen LogP contribution in [0.2, 0.25) is 0 Å². The Hall–Kier alpha value is -3.22. The molecule has 2 atom stereocenters. The fourth-order valence-corrected chi connectivity index (χ4v) is 5.92. The second-order valence-corrected chi connectivity index (χ2v) is 8.80. The number of hydrogen-bond acceptors (Lipinski definition) is 4. The molecular formula is C23H19F2N5. The van der Waals surface area contributed by atoms with Crippen LogP contribution in [0.4, 0.5) is 8.78 Å². The zero-order valence-electron chi connectivity index (χ0n) is 16.6. The molecule has 5 nitrogen and oxygen atoms in total. The van der Waals surface area contributed by atoms with Gasteiger partial charge in [-0.3, -0.25) is 4.98 Å². The highest BCUT2D eigenvalue weighted by atomic mass is 19.1. The average molecular weight is 403 g/mol. The molecule has 30 heavy (non-hydrogen) atoms. The van der Waals surface area contributed by atoms with E-state index in [0.717, 1.165) is 35.4 Å². The largest absolute Gasteiger partial charge is 0.300 e. The van der Waals surface area contributed by atoms with Crippen LogP contribution in [0.15, 0.2) is 49.1 Å². The normalized spacial score (nSPS) is 23.8. The minimum Gasteiger partial charge on any atom is -0.300 e. The maximum absolute atomic E-state index is 14.4. The van der Waals surface area contributed by atoms with Gasteiger partial charge in [-0.15, -0.1) is 5.10 Å². The first-order valence-electron chi connectivity index (χ1n) is 10.0. The van der Waals surface area contributed by atoms with E-state index in [4.69, 9.17) is 0 Å². The zero-order valence-corrected chi connectivity index (χ0v) is 16.6. The van der Waals surface area contributed by atoms with Crippen LogP contribution in [0.5, 0.6) is 0 Å². The van der Waals surface area contributed by atoms with Gasteiger partial charge < -0.3 is 4.40 Å². The van der Waals surface area contributed by atoms with Gasteiger partial charge in [0, 0.05) is 18.6 Å². The van der Waals surface area contributed by atoms with E-state index in [9.17, 15) is 8.78 Å². The summed E-state index contributed by atoms with van der Waals surface area (Å²) in [5, 5.41) is 8.88. The molecule has 7 heteroatoms. The van der Waals surface area contributed by atoms with E-state index in [1.165, 1.54) is 18.2 Å². The summed E-state index contributed by atoms with van der Waals surface area (Å²) in [5.41, 5.74) is 3.29. The Kier molecular flexibility index (Phi) is 3.34. The van der Waals surface area contributed by atoms with Gasteiger partial charge in [-0.2, -0.15) is 5.10 Å². The number of imidazole rings is 1. The first-order valence-corrected chi connectivity index (χ1v) is 10.0. The van der Waals surface area contributed by atoms with E-state index < -0.39 is 11.6 Å². The molecule has 0 N–H and O–H groups in total. The standard InChI is InChI=1S/C23H19F2N5/c1-22(2)14-6-7-23(22,18-11-26-12-19-27-8-9-30(18)19)21-13(14)10-17(28-29-21)20-15(24)4-3-5-16(20)25/h3-5,8-12,14H,6-7H2,1-2H3/t14-,23-/m0/s1. The summed E-state index contributed by atoms with van der Waals surface area (Å²) in [7, 11) is 0. The molecular weight excluding hydrogens is 384 g/mol. The van der Waals surface area contributed by atoms with Crippen LogP contribution < -0.4 is 0 Å². The molecule has 0 radical (unpaired) electrons. The third-order valence-electron chi connectivity index (χ3n) is 7.35. The average Bonchev–Trinajstić information content (AvgIpc) is 3.35. The van der Waals surface area contributed by atoms with Crippen molar-refractivity contribution in [3.8, 4) is 11.3 Å². The lowest BCUT2D eigenvalue weighted by atomic mass is 9.66. The van der Waals surface area contributed by atoms with Crippen molar-refractivity contribution in [3.63, 3.8) is 0 Å². The summed E-state index contributed by atoms with van der Waals surface area (Å²) in [5.74, 6) is -1.04. The summed E-state index contributed by atoms with van der Waals surface area (Å²) < 4.78 is 30.8. The summed E-state index contributed by atoms with van der Waals surface area (Å²) in [6, 6.07) is 5.68. The van der Waals surface area contributed by atoms with Crippen molar-refractivity contribution in [2.45, 2.75) is 38.0 Å². The van der Waals surface area contributed by atoms with Gasteiger partial charge in [-0.05, 0) is 47.9 Å². The van der Waals surface area contributed by atoms with Gasteiger partial charge in [0.15, 0.2) is 5.65 Å². The molecule has 2 aliphatic rings. The molecule has 1 aromatic carbocycles. The molecule has 0 spiro atoms. The highest BCUT2D eigenvalue weighted by molar-refractivity contribution is 5.64. The summed E-state index contributed by atoms with van der Waals surface area (Å²) in [6.45, 7) is 4.48. The Labute approximate surface area is 171 Å². The molecule has 0 aliphatic heterocycles. The highest BCUT2D eigenvalue weighted by Crippen LogP contribution is 2.69. The first kappa shape index (κ1) is 17.6. The smallest absolute Gasteiger partial charge is 0.155 e. The Bertz CT molecular complexity index is 1310. The van der Waals surface area contributed by atoms with Crippen LogP contribution in [0.25, 0.3) is 16.9 Å². The predicted molar refractivity (Wildman–Crippen MR) is 107 cm³/mol. The second-order valence-electron chi connectivity index (χ2n) is 8.80. The fraction of sp³-hybridized carbons (Fsp3) is 0.304. The van der Waals surface area contributed by atoms with E-state index in [1.807, 2.05) is 18.5 Å². The second kappa shape index (κ2) is 5.68. The molecule has 4 aromatic rings. The maximum atomic E-state index is 14.4. The lowest BCUT2D eigenvalue weighted by molar-refractivity contribution is 0.240. The third kappa shape index (κ3) is 1.95. The van der Waals surface area contributed by atoms with Crippen molar-refractivity contribution in [2.75, 3.05) is 0 Å².